The van der Waals surface area contributed by atoms with Crippen molar-refractivity contribution >= 4 is 0 Å². The second-order valence-corrected chi connectivity index (χ2v) is 3.33. The lowest BCUT2D eigenvalue weighted by atomic mass is 9.97. The van der Waals surface area contributed by atoms with Crippen molar-refractivity contribution < 1.29 is 14.6 Å². The molecular formula is C9H18O3. The van der Waals surface area contributed by atoms with Gasteiger partial charge in [-0.05, 0) is 12.8 Å². The molecule has 1 fully saturated rings. The predicted molar refractivity (Wildman–Crippen MR) is 46.1 cm³/mol. The van der Waals surface area contributed by atoms with E-state index in [4.69, 9.17) is 14.6 Å². The van der Waals surface area contributed by atoms with Crippen molar-refractivity contribution in [1.29, 1.82) is 0 Å². The molecule has 1 saturated heterocycles. The average molecular weight is 174 g/mol. The van der Waals surface area contributed by atoms with Crippen molar-refractivity contribution in [3.05, 3.63) is 0 Å². The molecule has 1 rings (SSSR count). The van der Waals surface area contributed by atoms with Gasteiger partial charge < -0.3 is 14.6 Å². The largest absolute Gasteiger partial charge is 0.394 e. The van der Waals surface area contributed by atoms with Crippen molar-refractivity contribution in [2.45, 2.75) is 38.4 Å². The molecule has 0 amide bonds. The zero-order valence-electron chi connectivity index (χ0n) is 7.88. The molecule has 12 heavy (non-hydrogen) atoms. The Morgan fingerprint density at radius 3 is 2.58 bits per heavy atom. The van der Waals surface area contributed by atoms with Gasteiger partial charge in [0.2, 0.25) is 0 Å². The number of aliphatic hydroxyl groups is 1. The van der Waals surface area contributed by atoms with Crippen LogP contribution in [0.1, 0.15) is 26.7 Å². The Balaban J connectivity index is 2.52. The summed E-state index contributed by atoms with van der Waals surface area (Å²) in [6.07, 6.45) is 1.76. The number of hydrogen-bond donors (Lipinski definition) is 1. The van der Waals surface area contributed by atoms with E-state index >= 15 is 0 Å². The molecule has 0 aromatic carbocycles. The first kappa shape index (κ1) is 9.96. The Morgan fingerprint density at radius 1 is 1.42 bits per heavy atom. The van der Waals surface area contributed by atoms with E-state index in [1.807, 2.05) is 0 Å². The quantitative estimate of drug-likeness (QED) is 0.692. The zero-order chi connectivity index (χ0) is 9.03. The third kappa shape index (κ3) is 1.97. The minimum absolute atomic E-state index is 0.0573. The summed E-state index contributed by atoms with van der Waals surface area (Å²) in [7, 11) is 0. The highest BCUT2D eigenvalue weighted by atomic mass is 16.6. The van der Waals surface area contributed by atoms with Crippen molar-refractivity contribution in [2.24, 2.45) is 0 Å². The molecule has 0 radical (unpaired) electrons. The van der Waals surface area contributed by atoms with Gasteiger partial charge in [0.1, 0.15) is 6.10 Å². The standard InChI is InChI=1S/C9H18O3/c1-3-9(4-2)7-11-6-8(5-10)12-9/h8,10H,3-7H2,1-2H3. The molecule has 1 N–H and O–H groups in total. The molecule has 3 heteroatoms. The molecule has 72 valence electrons. The maximum atomic E-state index is 8.91. The van der Waals surface area contributed by atoms with E-state index in [9.17, 15) is 0 Å². The highest BCUT2D eigenvalue weighted by Gasteiger charge is 2.34. The van der Waals surface area contributed by atoms with Crippen LogP contribution in [0.5, 0.6) is 0 Å². The molecule has 0 bridgehead atoms. The van der Waals surface area contributed by atoms with Gasteiger partial charge >= 0.3 is 0 Å². The van der Waals surface area contributed by atoms with E-state index < -0.39 is 0 Å². The molecule has 1 atom stereocenters. The summed E-state index contributed by atoms with van der Waals surface area (Å²) in [5.41, 5.74) is -0.147. The van der Waals surface area contributed by atoms with Gasteiger partial charge in [-0.1, -0.05) is 13.8 Å². The number of aliphatic hydroxyl groups excluding tert-OH is 1. The van der Waals surface area contributed by atoms with Crippen molar-refractivity contribution in [3.8, 4) is 0 Å². The summed E-state index contributed by atoms with van der Waals surface area (Å²) < 4.78 is 11.1. The second-order valence-electron chi connectivity index (χ2n) is 3.33. The Morgan fingerprint density at radius 2 is 2.08 bits per heavy atom. The van der Waals surface area contributed by atoms with Crippen molar-refractivity contribution in [3.63, 3.8) is 0 Å². The first-order valence-electron chi connectivity index (χ1n) is 4.62. The van der Waals surface area contributed by atoms with Crippen LogP contribution in [0.2, 0.25) is 0 Å². The Labute approximate surface area is 73.7 Å². The van der Waals surface area contributed by atoms with Gasteiger partial charge in [0.15, 0.2) is 0 Å². The smallest absolute Gasteiger partial charge is 0.105 e. The van der Waals surface area contributed by atoms with Crippen molar-refractivity contribution in [2.75, 3.05) is 19.8 Å². The normalized spacial score (nSPS) is 28.8. The zero-order valence-corrected chi connectivity index (χ0v) is 7.88. The monoisotopic (exact) mass is 174 g/mol. The fraction of sp³-hybridized carbons (Fsp3) is 1.00. The van der Waals surface area contributed by atoms with E-state index in [1.165, 1.54) is 0 Å². The lowest BCUT2D eigenvalue weighted by molar-refractivity contribution is -0.209. The molecule has 1 aliphatic rings. The van der Waals surface area contributed by atoms with E-state index in [2.05, 4.69) is 13.8 Å². The van der Waals surface area contributed by atoms with Crippen LogP contribution in [0.25, 0.3) is 0 Å². The van der Waals surface area contributed by atoms with Gasteiger partial charge in [0.05, 0.1) is 25.4 Å². The summed E-state index contributed by atoms with van der Waals surface area (Å²) in [6.45, 7) is 5.43. The summed E-state index contributed by atoms with van der Waals surface area (Å²) in [6, 6.07) is 0. The Bertz CT molecular complexity index is 132. The van der Waals surface area contributed by atoms with Crippen LogP contribution in [-0.4, -0.2) is 36.6 Å². The van der Waals surface area contributed by atoms with Crippen LogP contribution < -0.4 is 0 Å². The van der Waals surface area contributed by atoms with Crippen molar-refractivity contribution in [1.82, 2.24) is 0 Å². The molecule has 1 heterocycles. The highest BCUT2D eigenvalue weighted by Crippen LogP contribution is 2.26. The first-order valence-corrected chi connectivity index (χ1v) is 4.62. The molecule has 1 unspecified atom stereocenters. The van der Waals surface area contributed by atoms with Crippen LogP contribution in [0.3, 0.4) is 0 Å². The van der Waals surface area contributed by atoms with Crippen LogP contribution in [0.15, 0.2) is 0 Å². The van der Waals surface area contributed by atoms with Gasteiger partial charge in [0, 0.05) is 0 Å². The van der Waals surface area contributed by atoms with Gasteiger partial charge in [-0.3, -0.25) is 0 Å². The van der Waals surface area contributed by atoms with E-state index in [0.29, 0.717) is 13.2 Å². The first-order chi connectivity index (χ1) is 5.76. The minimum Gasteiger partial charge on any atom is -0.394 e. The van der Waals surface area contributed by atoms with Crippen LogP contribution in [0.4, 0.5) is 0 Å². The van der Waals surface area contributed by atoms with E-state index in [0.717, 1.165) is 12.8 Å². The second kappa shape index (κ2) is 4.21. The lowest BCUT2D eigenvalue weighted by Crippen LogP contribution is -2.48. The van der Waals surface area contributed by atoms with E-state index in [1.54, 1.807) is 0 Å². The molecule has 3 nitrogen and oxygen atoms in total. The predicted octanol–water partition coefficient (Wildman–Crippen LogP) is 0.953. The topological polar surface area (TPSA) is 38.7 Å². The van der Waals surface area contributed by atoms with Gasteiger partial charge in [-0.2, -0.15) is 0 Å². The third-order valence-electron chi connectivity index (χ3n) is 2.58. The van der Waals surface area contributed by atoms with Crippen LogP contribution in [-0.2, 0) is 9.47 Å². The van der Waals surface area contributed by atoms with E-state index in [-0.39, 0.29) is 18.3 Å². The molecule has 0 aromatic rings. The molecule has 0 saturated carbocycles. The van der Waals surface area contributed by atoms with Gasteiger partial charge in [-0.15, -0.1) is 0 Å². The summed E-state index contributed by atoms with van der Waals surface area (Å²) in [5, 5.41) is 8.91. The van der Waals surface area contributed by atoms with Crippen LogP contribution >= 0.6 is 0 Å². The molecular weight excluding hydrogens is 156 g/mol. The molecule has 1 aliphatic heterocycles. The summed E-state index contributed by atoms with van der Waals surface area (Å²) in [5.74, 6) is 0. The molecule has 0 aromatic heterocycles. The molecule has 0 aliphatic carbocycles. The fourth-order valence-corrected chi connectivity index (χ4v) is 1.51. The maximum absolute atomic E-state index is 8.91. The van der Waals surface area contributed by atoms with Crippen LogP contribution in [0, 0.1) is 0 Å². The fourth-order valence-electron chi connectivity index (χ4n) is 1.51. The third-order valence-corrected chi connectivity index (χ3v) is 2.58. The number of ether oxygens (including phenoxy) is 2. The lowest BCUT2D eigenvalue weighted by Gasteiger charge is -2.39. The average Bonchev–Trinajstić information content (AvgIpc) is 2.18. The summed E-state index contributed by atoms with van der Waals surface area (Å²) >= 11 is 0. The minimum atomic E-state index is -0.147. The SMILES string of the molecule is CCC1(CC)COCC(CO)O1. The van der Waals surface area contributed by atoms with Gasteiger partial charge in [0.25, 0.3) is 0 Å². The Hall–Kier alpha value is -0.120. The highest BCUT2D eigenvalue weighted by molar-refractivity contribution is 4.82. The maximum Gasteiger partial charge on any atom is 0.105 e. The molecule has 0 spiro atoms. The number of rotatable bonds is 3. The number of hydrogen-bond acceptors (Lipinski definition) is 3. The Kier molecular flexibility index (Phi) is 3.50. The summed E-state index contributed by atoms with van der Waals surface area (Å²) in [4.78, 5) is 0. The van der Waals surface area contributed by atoms with Gasteiger partial charge in [-0.25, -0.2) is 0 Å².